The van der Waals surface area contributed by atoms with Gasteiger partial charge in [-0.15, -0.1) is 0 Å². The van der Waals surface area contributed by atoms with Gasteiger partial charge in [-0.1, -0.05) is 51.3 Å². The molecule has 0 aliphatic heterocycles. The molecule has 1 N–H and O–H groups in total. The molecule has 1 heterocycles. The average Bonchev–Trinajstić information content (AvgIpc) is 2.91. The van der Waals surface area contributed by atoms with Gasteiger partial charge in [0.1, 0.15) is 0 Å². The Morgan fingerprint density at radius 3 is 2.54 bits per heavy atom. The summed E-state index contributed by atoms with van der Waals surface area (Å²) >= 11 is 15.7. The predicted octanol–water partition coefficient (Wildman–Crippen LogP) is 5.86. The normalized spacial score (nSPS) is 11.2. The largest absolute Gasteiger partial charge is 0.316 e. The fraction of sp³-hybridized carbons (Fsp3) is 0.143. The third-order valence-corrected chi connectivity index (χ3v) is 5.36. The van der Waals surface area contributed by atoms with Crippen LogP contribution in [0.1, 0.15) is 22.5 Å². The molecule has 0 spiro atoms. The molecule has 28 heavy (non-hydrogen) atoms. The molecule has 0 aliphatic carbocycles. The van der Waals surface area contributed by atoms with Gasteiger partial charge in [0.15, 0.2) is 0 Å². The Labute approximate surface area is 182 Å². The summed E-state index contributed by atoms with van der Waals surface area (Å²) in [5.74, 6) is -0.173. The number of hydrogen-bond acceptors (Lipinski definition) is 2. The zero-order valence-corrected chi connectivity index (χ0v) is 18.4. The Hall–Kier alpha value is -2.08. The van der Waals surface area contributed by atoms with Crippen LogP contribution in [-0.4, -0.2) is 16.7 Å². The number of carbonyl (C=O) groups excluding carboxylic acids is 1. The summed E-state index contributed by atoms with van der Waals surface area (Å²) < 4.78 is 3.01. The maximum atomic E-state index is 12.1. The quantitative estimate of drug-likeness (QED) is 0.362. The molecule has 0 aliphatic rings. The molecule has 7 heteroatoms. The lowest BCUT2D eigenvalue weighted by Gasteiger charge is -2.11. The first-order chi connectivity index (χ1) is 13.3. The van der Waals surface area contributed by atoms with Gasteiger partial charge in [0.25, 0.3) is 0 Å². The van der Waals surface area contributed by atoms with E-state index in [0.29, 0.717) is 10.0 Å². The number of rotatable bonds is 5. The van der Waals surface area contributed by atoms with Gasteiger partial charge < -0.3 is 4.57 Å². The molecule has 0 bridgehead atoms. The van der Waals surface area contributed by atoms with E-state index in [4.69, 9.17) is 23.2 Å². The van der Waals surface area contributed by atoms with E-state index in [0.717, 1.165) is 32.7 Å². The lowest BCUT2D eigenvalue weighted by molar-refractivity contribution is -0.120. The van der Waals surface area contributed by atoms with Crippen molar-refractivity contribution >= 4 is 51.3 Å². The first kappa shape index (κ1) is 20.6. The number of halogens is 3. The van der Waals surface area contributed by atoms with Crippen LogP contribution in [0.4, 0.5) is 0 Å². The fourth-order valence-corrected chi connectivity index (χ4v) is 3.71. The van der Waals surface area contributed by atoms with E-state index in [9.17, 15) is 4.79 Å². The maximum absolute atomic E-state index is 12.1. The summed E-state index contributed by atoms with van der Waals surface area (Å²) in [5.41, 5.74) is 7.21. The first-order valence-electron chi connectivity index (χ1n) is 8.56. The maximum Gasteiger partial charge on any atom is 0.244 e. The van der Waals surface area contributed by atoms with E-state index in [1.807, 2.05) is 54.8 Å². The highest BCUT2D eigenvalue weighted by Crippen LogP contribution is 2.28. The molecule has 2 aromatic carbocycles. The summed E-state index contributed by atoms with van der Waals surface area (Å²) in [6.07, 6.45) is 1.91. The average molecular weight is 479 g/mol. The van der Waals surface area contributed by atoms with Gasteiger partial charge in [-0.25, -0.2) is 5.43 Å². The van der Waals surface area contributed by atoms with Gasteiger partial charge in [0, 0.05) is 26.4 Å². The van der Waals surface area contributed by atoms with Gasteiger partial charge in [0.05, 0.1) is 23.3 Å². The molecule has 3 aromatic rings. The Morgan fingerprint density at radius 2 is 1.86 bits per heavy atom. The number of aromatic nitrogens is 1. The monoisotopic (exact) mass is 477 g/mol. The summed E-state index contributed by atoms with van der Waals surface area (Å²) in [7, 11) is 0. The van der Waals surface area contributed by atoms with Crippen LogP contribution in [0.3, 0.4) is 0 Å². The van der Waals surface area contributed by atoms with E-state index in [2.05, 4.69) is 26.5 Å². The SMILES string of the molecule is Cc1cc(/C=N\NC(=O)Cc2ccc(Br)cc2)c(C)n1-c1ccc(Cl)cc1Cl. The molecule has 3 rings (SSSR count). The third-order valence-electron chi connectivity index (χ3n) is 4.29. The summed E-state index contributed by atoms with van der Waals surface area (Å²) in [5, 5.41) is 5.26. The van der Waals surface area contributed by atoms with E-state index in [1.54, 1.807) is 18.3 Å². The first-order valence-corrected chi connectivity index (χ1v) is 10.1. The zero-order chi connectivity index (χ0) is 20.3. The molecule has 1 amide bonds. The van der Waals surface area contributed by atoms with Crippen molar-refractivity contribution in [2.45, 2.75) is 20.3 Å². The zero-order valence-electron chi connectivity index (χ0n) is 15.3. The Morgan fingerprint density at radius 1 is 1.14 bits per heavy atom. The van der Waals surface area contributed by atoms with Crippen LogP contribution in [0, 0.1) is 13.8 Å². The van der Waals surface area contributed by atoms with Crippen molar-refractivity contribution < 1.29 is 4.79 Å². The van der Waals surface area contributed by atoms with Gasteiger partial charge in [-0.05, 0) is 55.8 Å². The lowest BCUT2D eigenvalue weighted by atomic mass is 10.1. The number of aryl methyl sites for hydroxylation is 1. The number of nitrogens with zero attached hydrogens (tertiary/aromatic N) is 2. The lowest BCUT2D eigenvalue weighted by Crippen LogP contribution is -2.19. The molecule has 0 radical (unpaired) electrons. The molecule has 0 atom stereocenters. The molecule has 4 nitrogen and oxygen atoms in total. The van der Waals surface area contributed by atoms with Gasteiger partial charge in [0.2, 0.25) is 5.91 Å². The van der Waals surface area contributed by atoms with Crippen LogP contribution in [0.2, 0.25) is 10.0 Å². The fourth-order valence-electron chi connectivity index (χ4n) is 2.95. The summed E-state index contributed by atoms with van der Waals surface area (Å²) in [4.78, 5) is 12.1. The predicted molar refractivity (Wildman–Crippen MR) is 119 cm³/mol. The van der Waals surface area contributed by atoms with E-state index in [1.165, 1.54) is 0 Å². The van der Waals surface area contributed by atoms with Crippen molar-refractivity contribution in [2.75, 3.05) is 0 Å². The molecular formula is C21H18BrCl2N3O. The van der Waals surface area contributed by atoms with Crippen molar-refractivity contribution in [1.29, 1.82) is 0 Å². The highest BCUT2D eigenvalue weighted by molar-refractivity contribution is 9.10. The van der Waals surface area contributed by atoms with Crippen molar-refractivity contribution in [3.63, 3.8) is 0 Å². The number of hydrogen-bond donors (Lipinski definition) is 1. The minimum absolute atomic E-state index is 0.173. The van der Waals surface area contributed by atoms with E-state index >= 15 is 0 Å². The van der Waals surface area contributed by atoms with Crippen molar-refractivity contribution in [2.24, 2.45) is 5.10 Å². The van der Waals surface area contributed by atoms with Gasteiger partial charge >= 0.3 is 0 Å². The smallest absolute Gasteiger partial charge is 0.244 e. The molecular weight excluding hydrogens is 461 g/mol. The van der Waals surface area contributed by atoms with Crippen molar-refractivity contribution in [3.8, 4) is 5.69 Å². The number of nitrogens with one attached hydrogen (secondary N) is 1. The Balaban J connectivity index is 1.72. The second-order valence-corrected chi connectivity index (χ2v) is 8.11. The van der Waals surface area contributed by atoms with Gasteiger partial charge in [-0.3, -0.25) is 4.79 Å². The molecule has 0 saturated carbocycles. The molecule has 144 valence electrons. The van der Waals surface area contributed by atoms with Crippen LogP contribution in [0.5, 0.6) is 0 Å². The molecule has 1 aromatic heterocycles. The minimum Gasteiger partial charge on any atom is -0.316 e. The van der Waals surface area contributed by atoms with Crippen LogP contribution >= 0.6 is 39.1 Å². The van der Waals surface area contributed by atoms with Crippen LogP contribution in [0.15, 0.2) is 58.1 Å². The van der Waals surface area contributed by atoms with Crippen molar-refractivity contribution in [3.05, 3.63) is 85.6 Å². The molecule has 0 fully saturated rings. The summed E-state index contributed by atoms with van der Waals surface area (Å²) in [6, 6.07) is 15.0. The minimum atomic E-state index is -0.173. The Bertz CT molecular complexity index is 1040. The highest BCUT2D eigenvalue weighted by Gasteiger charge is 2.12. The molecule has 0 saturated heterocycles. The van der Waals surface area contributed by atoms with Crippen LogP contribution in [0.25, 0.3) is 5.69 Å². The topological polar surface area (TPSA) is 46.4 Å². The van der Waals surface area contributed by atoms with E-state index in [-0.39, 0.29) is 12.3 Å². The third kappa shape index (κ3) is 4.85. The summed E-state index contributed by atoms with van der Waals surface area (Å²) in [6.45, 7) is 3.96. The number of hydrazone groups is 1. The number of amides is 1. The Kier molecular flexibility index (Phi) is 6.60. The number of benzene rings is 2. The standard InChI is InChI=1S/C21H18BrCl2N3O/c1-13-9-16(14(2)27(13)20-8-7-18(23)11-19(20)24)12-25-26-21(28)10-15-3-5-17(22)6-4-15/h3-9,11-12H,10H2,1-2H3,(H,26,28)/b25-12-. The van der Waals surface area contributed by atoms with Crippen LogP contribution in [-0.2, 0) is 11.2 Å². The number of carbonyl (C=O) groups is 1. The van der Waals surface area contributed by atoms with Gasteiger partial charge in [-0.2, -0.15) is 5.10 Å². The van der Waals surface area contributed by atoms with E-state index < -0.39 is 0 Å². The highest BCUT2D eigenvalue weighted by atomic mass is 79.9. The second kappa shape index (κ2) is 8.95. The molecule has 0 unspecified atom stereocenters. The van der Waals surface area contributed by atoms with Crippen molar-refractivity contribution in [1.82, 2.24) is 9.99 Å². The second-order valence-electron chi connectivity index (χ2n) is 6.35. The van der Waals surface area contributed by atoms with Crippen LogP contribution < -0.4 is 5.43 Å².